The fourth-order valence-electron chi connectivity index (χ4n) is 3.16. The van der Waals surface area contributed by atoms with Gasteiger partial charge in [0.15, 0.2) is 17.3 Å². The maximum absolute atomic E-state index is 13.4. The molecule has 1 aliphatic rings. The van der Waals surface area contributed by atoms with E-state index >= 15 is 0 Å². The van der Waals surface area contributed by atoms with E-state index in [0.29, 0.717) is 31.6 Å². The molecule has 1 aromatic carbocycles. The van der Waals surface area contributed by atoms with Gasteiger partial charge in [-0.1, -0.05) is 13.3 Å². The highest BCUT2D eigenvalue weighted by Crippen LogP contribution is 2.32. The monoisotopic (exact) mass is 412 g/mol. The van der Waals surface area contributed by atoms with Crippen molar-refractivity contribution in [3.8, 4) is 11.5 Å². The summed E-state index contributed by atoms with van der Waals surface area (Å²) in [5, 5.41) is 2.97. The van der Waals surface area contributed by atoms with Crippen LogP contribution in [0.15, 0.2) is 23.1 Å². The summed E-state index contributed by atoms with van der Waals surface area (Å²) < 4.78 is 37.9. The minimum atomic E-state index is -4.24. The van der Waals surface area contributed by atoms with E-state index in [1.807, 2.05) is 6.92 Å². The smallest absolute Gasteiger partial charge is 0.267 e. The fraction of sp³-hybridized carbons (Fsp3) is 0.579. The molecule has 8 nitrogen and oxygen atoms in total. The number of Topliss-reactive ketones (excluding diaryl/α,β-unsaturated/α-hetero) is 1. The van der Waals surface area contributed by atoms with Crippen molar-refractivity contribution < 1.29 is 27.5 Å². The number of ether oxygens (including phenoxy) is 2. The van der Waals surface area contributed by atoms with Crippen molar-refractivity contribution in [2.45, 2.75) is 50.0 Å². The standard InChI is InChI=1S/C19H28N2O6S/c1-4-5-8-19(23)21(15-7-6-11-20-13-16(15)22)28(24,25)14-9-10-17(26-2)18(12-14)27-3/h9-10,12,15,20H,4-8,11,13H2,1-3H3/t15-/m0/s1. The van der Waals surface area contributed by atoms with Crippen molar-refractivity contribution in [3.63, 3.8) is 0 Å². The maximum atomic E-state index is 13.4. The zero-order valence-electron chi connectivity index (χ0n) is 16.6. The van der Waals surface area contributed by atoms with Crippen LogP contribution in [0, 0.1) is 0 Å². The summed E-state index contributed by atoms with van der Waals surface area (Å²) in [5.41, 5.74) is 0. The SMILES string of the molecule is CCCCC(=O)N([C@H]1CCCNCC1=O)S(=O)(=O)c1ccc(OC)c(OC)c1. The summed E-state index contributed by atoms with van der Waals surface area (Å²) in [6, 6.07) is 3.14. The minimum Gasteiger partial charge on any atom is -0.493 e. The van der Waals surface area contributed by atoms with Crippen LogP contribution in [0.1, 0.15) is 39.0 Å². The Balaban J connectivity index is 2.51. The number of rotatable bonds is 8. The summed E-state index contributed by atoms with van der Waals surface area (Å²) >= 11 is 0. The number of carbonyl (C=O) groups is 2. The van der Waals surface area contributed by atoms with Gasteiger partial charge in [0.25, 0.3) is 10.0 Å². The van der Waals surface area contributed by atoms with Crippen molar-refractivity contribution in [1.82, 2.24) is 9.62 Å². The van der Waals surface area contributed by atoms with Gasteiger partial charge < -0.3 is 14.8 Å². The molecule has 1 aliphatic heterocycles. The van der Waals surface area contributed by atoms with E-state index in [0.717, 1.165) is 10.7 Å². The highest BCUT2D eigenvalue weighted by molar-refractivity contribution is 7.89. The molecule has 1 heterocycles. The number of hydrogen-bond donors (Lipinski definition) is 1. The molecule has 1 aromatic rings. The van der Waals surface area contributed by atoms with Crippen LogP contribution < -0.4 is 14.8 Å². The second-order valence-electron chi connectivity index (χ2n) is 6.62. The number of nitrogens with one attached hydrogen (secondary N) is 1. The second kappa shape index (κ2) is 9.88. The molecular weight excluding hydrogens is 384 g/mol. The van der Waals surface area contributed by atoms with Gasteiger partial charge in [-0.3, -0.25) is 9.59 Å². The first-order valence-electron chi connectivity index (χ1n) is 9.39. The number of nitrogens with zero attached hydrogens (tertiary/aromatic N) is 1. The van der Waals surface area contributed by atoms with Gasteiger partial charge in [-0.15, -0.1) is 0 Å². The molecule has 1 fully saturated rings. The van der Waals surface area contributed by atoms with E-state index in [-0.39, 0.29) is 29.4 Å². The lowest BCUT2D eigenvalue weighted by atomic mass is 10.1. The van der Waals surface area contributed by atoms with Crippen LogP contribution in [0.25, 0.3) is 0 Å². The van der Waals surface area contributed by atoms with Crippen LogP contribution in [0.3, 0.4) is 0 Å². The summed E-state index contributed by atoms with van der Waals surface area (Å²) in [5.74, 6) is -0.248. The Morgan fingerprint density at radius 2 is 1.96 bits per heavy atom. The number of ketones is 1. The number of sulfonamides is 1. The van der Waals surface area contributed by atoms with Crippen molar-refractivity contribution in [2.75, 3.05) is 27.3 Å². The van der Waals surface area contributed by atoms with E-state index in [2.05, 4.69) is 5.32 Å². The van der Waals surface area contributed by atoms with Gasteiger partial charge in [-0.25, -0.2) is 12.7 Å². The quantitative estimate of drug-likeness (QED) is 0.694. The molecule has 0 spiro atoms. The topological polar surface area (TPSA) is 102 Å². The molecule has 0 aliphatic carbocycles. The normalized spacial score (nSPS) is 17.7. The molecule has 2 rings (SSSR count). The van der Waals surface area contributed by atoms with Crippen LogP contribution in [0.4, 0.5) is 0 Å². The molecule has 9 heteroatoms. The lowest BCUT2D eigenvalue weighted by Gasteiger charge is -2.29. The summed E-state index contributed by atoms with van der Waals surface area (Å²) in [7, 11) is -1.39. The van der Waals surface area contributed by atoms with Gasteiger partial charge in [0.1, 0.15) is 6.04 Å². The predicted octanol–water partition coefficient (Wildman–Crippen LogP) is 1.73. The maximum Gasteiger partial charge on any atom is 0.267 e. The molecular formula is C19H28N2O6S. The predicted molar refractivity (Wildman–Crippen MR) is 104 cm³/mol. The number of hydrogen-bond acceptors (Lipinski definition) is 7. The van der Waals surface area contributed by atoms with Gasteiger partial charge >= 0.3 is 0 Å². The average Bonchev–Trinajstić information content (AvgIpc) is 2.90. The molecule has 1 amide bonds. The Morgan fingerprint density at radius 3 is 2.61 bits per heavy atom. The van der Waals surface area contributed by atoms with Gasteiger partial charge in [0.05, 0.1) is 25.7 Å². The molecule has 0 aromatic heterocycles. The van der Waals surface area contributed by atoms with Crippen molar-refractivity contribution in [1.29, 1.82) is 0 Å². The molecule has 0 bridgehead atoms. The third-order valence-corrected chi connectivity index (χ3v) is 6.51. The zero-order chi connectivity index (χ0) is 20.7. The van der Waals surface area contributed by atoms with E-state index in [4.69, 9.17) is 9.47 Å². The molecule has 1 saturated heterocycles. The Morgan fingerprint density at radius 1 is 1.25 bits per heavy atom. The first kappa shape index (κ1) is 22.2. The lowest BCUT2D eigenvalue weighted by Crippen LogP contribution is -2.49. The highest BCUT2D eigenvalue weighted by Gasteiger charge is 2.39. The summed E-state index contributed by atoms with van der Waals surface area (Å²) in [6.07, 6.45) is 2.28. The van der Waals surface area contributed by atoms with E-state index in [9.17, 15) is 18.0 Å². The molecule has 0 saturated carbocycles. The Kier molecular flexibility index (Phi) is 7.82. The first-order chi connectivity index (χ1) is 13.4. The second-order valence-corrected chi connectivity index (χ2v) is 8.43. The largest absolute Gasteiger partial charge is 0.493 e. The average molecular weight is 413 g/mol. The highest BCUT2D eigenvalue weighted by atomic mass is 32.2. The third kappa shape index (κ3) is 4.82. The molecule has 0 unspecified atom stereocenters. The van der Waals surface area contributed by atoms with Gasteiger partial charge in [-0.2, -0.15) is 0 Å². The lowest BCUT2D eigenvalue weighted by molar-refractivity contribution is -0.133. The van der Waals surface area contributed by atoms with Crippen molar-refractivity contribution in [3.05, 3.63) is 18.2 Å². The summed E-state index contributed by atoms with van der Waals surface area (Å²) in [6.45, 7) is 2.57. The van der Waals surface area contributed by atoms with Crippen LogP contribution in [-0.2, 0) is 19.6 Å². The van der Waals surface area contributed by atoms with Crippen LogP contribution in [-0.4, -0.2) is 57.8 Å². The van der Waals surface area contributed by atoms with E-state index in [1.165, 1.54) is 32.4 Å². The Hall–Kier alpha value is -2.13. The Bertz CT molecular complexity index is 809. The van der Waals surface area contributed by atoms with Crippen LogP contribution >= 0.6 is 0 Å². The number of unbranched alkanes of at least 4 members (excludes halogenated alkanes) is 1. The number of benzene rings is 1. The van der Waals surface area contributed by atoms with Gasteiger partial charge in [0, 0.05) is 12.5 Å². The van der Waals surface area contributed by atoms with E-state index < -0.39 is 22.0 Å². The third-order valence-electron chi connectivity index (χ3n) is 4.69. The van der Waals surface area contributed by atoms with Crippen LogP contribution in [0.2, 0.25) is 0 Å². The van der Waals surface area contributed by atoms with E-state index in [1.54, 1.807) is 0 Å². The number of amides is 1. The number of methoxy groups -OCH3 is 2. The van der Waals surface area contributed by atoms with Crippen LogP contribution in [0.5, 0.6) is 11.5 Å². The zero-order valence-corrected chi connectivity index (χ0v) is 17.4. The molecule has 0 radical (unpaired) electrons. The fourth-order valence-corrected chi connectivity index (χ4v) is 4.80. The van der Waals surface area contributed by atoms with Gasteiger partial charge in [-0.05, 0) is 37.9 Å². The van der Waals surface area contributed by atoms with Crippen molar-refractivity contribution >= 4 is 21.7 Å². The Labute approximate surface area is 166 Å². The molecule has 1 atom stereocenters. The molecule has 28 heavy (non-hydrogen) atoms. The first-order valence-corrected chi connectivity index (χ1v) is 10.8. The van der Waals surface area contributed by atoms with Gasteiger partial charge in [0.2, 0.25) is 5.91 Å². The number of carbonyl (C=O) groups excluding carboxylic acids is 2. The molecule has 1 N–H and O–H groups in total. The van der Waals surface area contributed by atoms with Crippen molar-refractivity contribution in [2.24, 2.45) is 0 Å². The molecule has 156 valence electrons. The minimum absolute atomic E-state index is 0.0453. The summed E-state index contributed by atoms with van der Waals surface area (Å²) in [4.78, 5) is 25.3.